The predicted molar refractivity (Wildman–Crippen MR) is 72.6 cm³/mol. The molecule has 2 aliphatic heterocycles. The molecule has 3 fully saturated rings. The Morgan fingerprint density at radius 1 is 1.11 bits per heavy atom. The van der Waals surface area contributed by atoms with Gasteiger partial charge in [-0.1, -0.05) is 12.8 Å². The van der Waals surface area contributed by atoms with Crippen LogP contribution in [-0.4, -0.2) is 67.3 Å². The highest BCUT2D eigenvalue weighted by atomic mass is 16.5. The molecule has 1 aliphatic carbocycles. The van der Waals surface area contributed by atoms with Crippen molar-refractivity contribution in [2.45, 2.75) is 43.7 Å². The Kier molecular flexibility index (Phi) is 3.89. The van der Waals surface area contributed by atoms with Crippen molar-refractivity contribution < 1.29 is 4.74 Å². The molecule has 3 rings (SSSR count). The molecule has 0 bridgehead atoms. The second-order valence-electron chi connectivity index (χ2n) is 6.19. The van der Waals surface area contributed by atoms with E-state index in [0.717, 1.165) is 32.2 Å². The van der Waals surface area contributed by atoms with E-state index in [1.54, 1.807) is 0 Å². The summed E-state index contributed by atoms with van der Waals surface area (Å²) in [5.41, 5.74) is 6.18. The molecule has 3 aliphatic rings. The lowest BCUT2D eigenvalue weighted by molar-refractivity contribution is 0.0151. The fourth-order valence-electron chi connectivity index (χ4n) is 3.97. The number of rotatable bonds is 3. The van der Waals surface area contributed by atoms with Crippen molar-refractivity contribution in [2.75, 3.05) is 45.9 Å². The van der Waals surface area contributed by atoms with E-state index < -0.39 is 0 Å². The predicted octanol–water partition coefficient (Wildman–Crippen LogP) is 0.664. The minimum atomic E-state index is 0.155. The fourth-order valence-corrected chi connectivity index (χ4v) is 3.97. The highest BCUT2D eigenvalue weighted by molar-refractivity contribution is 4.97. The van der Waals surface area contributed by atoms with Gasteiger partial charge >= 0.3 is 0 Å². The Hall–Kier alpha value is -0.160. The molecule has 18 heavy (non-hydrogen) atoms. The molecular formula is C14H27N3O. The van der Waals surface area contributed by atoms with Gasteiger partial charge in [0.15, 0.2) is 0 Å². The van der Waals surface area contributed by atoms with E-state index in [2.05, 4.69) is 9.80 Å². The maximum absolute atomic E-state index is 6.02. The summed E-state index contributed by atoms with van der Waals surface area (Å²) in [6, 6.07) is 0.876. The van der Waals surface area contributed by atoms with Gasteiger partial charge in [-0.2, -0.15) is 0 Å². The van der Waals surface area contributed by atoms with E-state index in [-0.39, 0.29) is 5.54 Å². The van der Waals surface area contributed by atoms with E-state index in [1.807, 2.05) is 0 Å². The minimum Gasteiger partial charge on any atom is -0.379 e. The molecule has 0 amide bonds. The minimum absolute atomic E-state index is 0.155. The molecule has 1 saturated carbocycles. The maximum atomic E-state index is 6.02. The van der Waals surface area contributed by atoms with Gasteiger partial charge in [-0.3, -0.25) is 9.80 Å². The zero-order chi connectivity index (χ0) is 12.4. The van der Waals surface area contributed by atoms with Gasteiger partial charge < -0.3 is 10.5 Å². The van der Waals surface area contributed by atoms with E-state index in [9.17, 15) is 0 Å². The molecule has 0 aromatic carbocycles. The lowest BCUT2D eigenvalue weighted by Crippen LogP contribution is -2.61. The molecule has 4 heteroatoms. The molecule has 0 radical (unpaired) electrons. The standard InChI is InChI=1S/C14H27N3O/c15-11-14(5-10-18-12-14)17-8-6-16(7-9-17)13-3-1-2-4-13/h13H,1-12,15H2. The zero-order valence-electron chi connectivity index (χ0n) is 11.4. The maximum Gasteiger partial charge on any atom is 0.0663 e. The van der Waals surface area contributed by atoms with Crippen molar-refractivity contribution in [1.29, 1.82) is 0 Å². The van der Waals surface area contributed by atoms with Crippen LogP contribution in [0.1, 0.15) is 32.1 Å². The summed E-state index contributed by atoms with van der Waals surface area (Å²) in [5, 5.41) is 0. The molecule has 0 aromatic rings. The summed E-state index contributed by atoms with van der Waals surface area (Å²) in [5.74, 6) is 0. The summed E-state index contributed by atoms with van der Waals surface area (Å²) < 4.78 is 5.60. The third-order valence-corrected chi connectivity index (χ3v) is 5.29. The van der Waals surface area contributed by atoms with Crippen LogP contribution in [0.3, 0.4) is 0 Å². The van der Waals surface area contributed by atoms with Crippen molar-refractivity contribution >= 4 is 0 Å². The molecule has 2 N–H and O–H groups in total. The van der Waals surface area contributed by atoms with Crippen LogP contribution in [0.5, 0.6) is 0 Å². The van der Waals surface area contributed by atoms with E-state index in [4.69, 9.17) is 10.5 Å². The van der Waals surface area contributed by atoms with Crippen LogP contribution in [0.15, 0.2) is 0 Å². The molecule has 0 aromatic heterocycles. The number of hydrogen-bond acceptors (Lipinski definition) is 4. The van der Waals surface area contributed by atoms with Gasteiger partial charge in [-0.15, -0.1) is 0 Å². The highest BCUT2D eigenvalue weighted by Crippen LogP contribution is 2.29. The number of ether oxygens (including phenoxy) is 1. The van der Waals surface area contributed by atoms with Crippen molar-refractivity contribution in [1.82, 2.24) is 9.80 Å². The first kappa shape index (κ1) is 12.9. The van der Waals surface area contributed by atoms with Crippen LogP contribution < -0.4 is 5.73 Å². The molecule has 2 heterocycles. The van der Waals surface area contributed by atoms with E-state index in [1.165, 1.54) is 51.9 Å². The normalized spacial score (nSPS) is 36.5. The smallest absolute Gasteiger partial charge is 0.0663 e. The van der Waals surface area contributed by atoms with Crippen molar-refractivity contribution in [3.8, 4) is 0 Å². The first-order valence-electron chi connectivity index (χ1n) is 7.61. The Morgan fingerprint density at radius 3 is 2.39 bits per heavy atom. The lowest BCUT2D eigenvalue weighted by Gasteiger charge is -2.46. The SMILES string of the molecule is NCC1(N2CCN(C3CCCC3)CC2)CCOC1. The van der Waals surface area contributed by atoms with Crippen molar-refractivity contribution in [3.63, 3.8) is 0 Å². The summed E-state index contributed by atoms with van der Waals surface area (Å²) in [6.07, 6.45) is 6.83. The average molecular weight is 253 g/mol. The van der Waals surface area contributed by atoms with Crippen LogP contribution in [0.25, 0.3) is 0 Å². The Bertz CT molecular complexity index is 264. The molecule has 104 valence electrons. The van der Waals surface area contributed by atoms with Gasteiger partial charge in [-0.05, 0) is 19.3 Å². The molecule has 4 nitrogen and oxygen atoms in total. The third kappa shape index (κ3) is 2.31. The Balaban J connectivity index is 1.55. The summed E-state index contributed by atoms with van der Waals surface area (Å²) >= 11 is 0. The molecule has 1 atom stereocenters. The second kappa shape index (κ2) is 5.45. The van der Waals surface area contributed by atoms with Crippen LogP contribution in [0.4, 0.5) is 0 Å². The van der Waals surface area contributed by atoms with Crippen LogP contribution in [-0.2, 0) is 4.74 Å². The lowest BCUT2D eigenvalue weighted by atomic mass is 9.95. The number of nitrogens with two attached hydrogens (primary N) is 1. The van der Waals surface area contributed by atoms with Gasteiger partial charge in [-0.25, -0.2) is 0 Å². The second-order valence-corrected chi connectivity index (χ2v) is 6.19. The summed E-state index contributed by atoms with van der Waals surface area (Å²) in [6.45, 7) is 7.29. The summed E-state index contributed by atoms with van der Waals surface area (Å²) in [7, 11) is 0. The zero-order valence-corrected chi connectivity index (χ0v) is 11.4. The van der Waals surface area contributed by atoms with Crippen LogP contribution in [0, 0.1) is 0 Å². The van der Waals surface area contributed by atoms with Gasteiger partial charge in [0, 0.05) is 45.4 Å². The fraction of sp³-hybridized carbons (Fsp3) is 1.00. The van der Waals surface area contributed by atoms with Crippen LogP contribution in [0.2, 0.25) is 0 Å². The molecule has 2 saturated heterocycles. The first-order valence-corrected chi connectivity index (χ1v) is 7.61. The van der Waals surface area contributed by atoms with E-state index >= 15 is 0 Å². The summed E-state index contributed by atoms with van der Waals surface area (Å²) in [4.78, 5) is 5.31. The number of hydrogen-bond donors (Lipinski definition) is 1. The largest absolute Gasteiger partial charge is 0.379 e. The van der Waals surface area contributed by atoms with Gasteiger partial charge in [0.1, 0.15) is 0 Å². The first-order chi connectivity index (χ1) is 8.84. The number of nitrogens with zero attached hydrogens (tertiary/aromatic N) is 2. The molecular weight excluding hydrogens is 226 g/mol. The average Bonchev–Trinajstić information content (AvgIpc) is 3.11. The highest BCUT2D eigenvalue weighted by Gasteiger charge is 2.41. The molecule has 1 unspecified atom stereocenters. The van der Waals surface area contributed by atoms with Crippen LogP contribution >= 0.6 is 0 Å². The third-order valence-electron chi connectivity index (χ3n) is 5.29. The van der Waals surface area contributed by atoms with E-state index in [0.29, 0.717) is 0 Å². The Morgan fingerprint density at radius 2 is 1.83 bits per heavy atom. The Labute approximate surface area is 110 Å². The van der Waals surface area contributed by atoms with Gasteiger partial charge in [0.25, 0.3) is 0 Å². The van der Waals surface area contributed by atoms with Gasteiger partial charge in [0.05, 0.1) is 12.1 Å². The quantitative estimate of drug-likeness (QED) is 0.802. The van der Waals surface area contributed by atoms with Crippen molar-refractivity contribution in [3.05, 3.63) is 0 Å². The molecule has 0 spiro atoms. The number of piperazine rings is 1. The topological polar surface area (TPSA) is 41.7 Å². The van der Waals surface area contributed by atoms with Crippen molar-refractivity contribution in [2.24, 2.45) is 5.73 Å². The van der Waals surface area contributed by atoms with Gasteiger partial charge in [0.2, 0.25) is 0 Å². The monoisotopic (exact) mass is 253 g/mol.